The molecule has 3 heteroatoms. The van der Waals surface area contributed by atoms with Crippen LogP contribution in [0.25, 0.3) is 0 Å². The molecular formula is C48H95NO2. The first-order valence-corrected chi connectivity index (χ1v) is 23.7. The third kappa shape index (κ3) is 38.8. The zero-order valence-electron chi connectivity index (χ0n) is 35.8. The molecule has 3 nitrogen and oxygen atoms in total. The molecule has 0 unspecified atom stereocenters. The number of carbonyl (C=O) groups is 2. The van der Waals surface area contributed by atoms with Crippen LogP contribution >= 0.6 is 0 Å². The summed E-state index contributed by atoms with van der Waals surface area (Å²) in [7, 11) is 3.98. The molecule has 0 rings (SSSR count). The molecule has 51 heavy (non-hydrogen) atoms. The summed E-state index contributed by atoms with van der Waals surface area (Å²) in [5.74, 6) is -0.0249. The molecule has 0 spiro atoms. The number of nitrogens with zero attached hydrogens (tertiary/aromatic N) is 1. The third-order valence-electron chi connectivity index (χ3n) is 11.4. The lowest BCUT2D eigenvalue weighted by Crippen LogP contribution is -2.34. The van der Waals surface area contributed by atoms with Crippen LogP contribution in [0.5, 0.6) is 0 Å². The Labute approximate surface area is 322 Å². The van der Waals surface area contributed by atoms with E-state index in [0.717, 1.165) is 25.7 Å². The Morgan fingerprint density at radius 2 is 0.490 bits per heavy atom. The van der Waals surface area contributed by atoms with Crippen molar-refractivity contribution in [2.75, 3.05) is 20.6 Å². The Hall–Kier alpha value is -0.700. The van der Waals surface area contributed by atoms with Crippen LogP contribution in [0.4, 0.5) is 0 Å². The van der Waals surface area contributed by atoms with E-state index in [0.29, 0.717) is 19.4 Å². The summed E-state index contributed by atoms with van der Waals surface area (Å²) < 4.78 is 0. The fourth-order valence-corrected chi connectivity index (χ4v) is 7.85. The van der Waals surface area contributed by atoms with Crippen LogP contribution in [0.3, 0.4) is 0 Å². The zero-order valence-corrected chi connectivity index (χ0v) is 35.8. The van der Waals surface area contributed by atoms with Gasteiger partial charge in [0.1, 0.15) is 11.6 Å². The summed E-state index contributed by atoms with van der Waals surface area (Å²) in [6.45, 7) is 5.17. The fourth-order valence-electron chi connectivity index (χ4n) is 7.85. The van der Waals surface area contributed by atoms with Gasteiger partial charge in [-0.25, -0.2) is 0 Å². The van der Waals surface area contributed by atoms with Crippen LogP contribution in [0.15, 0.2) is 0 Å². The molecule has 0 heterocycles. The SMILES string of the molecule is CCCCCCCCCCCCCCCCCCCCCC(=O)C(CN(C)C)C(=O)CCCCCCCCCCCCCCCCCCCCC. The van der Waals surface area contributed by atoms with Gasteiger partial charge >= 0.3 is 0 Å². The van der Waals surface area contributed by atoms with Crippen molar-refractivity contribution in [1.29, 1.82) is 0 Å². The van der Waals surface area contributed by atoms with Crippen molar-refractivity contribution >= 4 is 11.6 Å². The number of ketones is 2. The molecule has 0 saturated heterocycles. The molecule has 0 aromatic rings. The van der Waals surface area contributed by atoms with Crippen LogP contribution in [-0.4, -0.2) is 37.1 Å². The summed E-state index contributed by atoms with van der Waals surface area (Å²) in [4.78, 5) is 28.1. The number of Topliss-reactive ketones (excluding diaryl/α,β-unsaturated/α-hetero) is 2. The van der Waals surface area contributed by atoms with Crippen molar-refractivity contribution in [2.45, 2.75) is 271 Å². The average Bonchev–Trinajstić information content (AvgIpc) is 3.12. The van der Waals surface area contributed by atoms with Crippen molar-refractivity contribution in [3.05, 3.63) is 0 Å². The largest absolute Gasteiger partial charge is 0.308 e. The minimum absolute atomic E-state index is 0.193. The molecule has 0 radical (unpaired) electrons. The van der Waals surface area contributed by atoms with E-state index in [2.05, 4.69) is 13.8 Å². The van der Waals surface area contributed by atoms with Crippen LogP contribution in [-0.2, 0) is 9.59 Å². The van der Waals surface area contributed by atoms with Gasteiger partial charge in [0.2, 0.25) is 0 Å². The standard InChI is InChI=1S/C48H95NO2/c1-5-7-9-11-13-15-17-19-21-23-25-27-29-31-33-35-37-39-41-43-47(50)46(45-49(3)4)48(51)44-42-40-38-36-34-32-30-28-26-24-22-20-18-16-14-12-10-8-6-2/h46H,5-45H2,1-4H3. The van der Waals surface area contributed by atoms with Gasteiger partial charge in [0.25, 0.3) is 0 Å². The first-order chi connectivity index (χ1) is 25.0. The van der Waals surface area contributed by atoms with Gasteiger partial charge in [-0.3, -0.25) is 9.59 Å². The maximum Gasteiger partial charge on any atom is 0.144 e. The third-order valence-corrected chi connectivity index (χ3v) is 11.4. The van der Waals surface area contributed by atoms with Gasteiger partial charge in [-0.2, -0.15) is 0 Å². The Morgan fingerprint density at radius 1 is 0.314 bits per heavy atom. The molecular weight excluding hydrogens is 623 g/mol. The topological polar surface area (TPSA) is 37.4 Å². The maximum absolute atomic E-state index is 13.1. The number of rotatable bonds is 44. The summed E-state index contributed by atoms with van der Waals surface area (Å²) in [5.41, 5.74) is 0. The highest BCUT2D eigenvalue weighted by atomic mass is 16.1. The van der Waals surface area contributed by atoms with Crippen molar-refractivity contribution in [3.63, 3.8) is 0 Å². The minimum Gasteiger partial charge on any atom is -0.308 e. The Kier molecular flexibility index (Phi) is 41.5. The van der Waals surface area contributed by atoms with Gasteiger partial charge in [0.15, 0.2) is 0 Å². The quantitative estimate of drug-likeness (QED) is 0.0465. The van der Waals surface area contributed by atoms with Crippen LogP contribution < -0.4 is 0 Å². The van der Waals surface area contributed by atoms with Crippen LogP contribution in [0.2, 0.25) is 0 Å². The predicted molar refractivity (Wildman–Crippen MR) is 228 cm³/mol. The molecule has 0 atom stereocenters. The van der Waals surface area contributed by atoms with Crippen molar-refractivity contribution in [1.82, 2.24) is 4.90 Å². The van der Waals surface area contributed by atoms with E-state index in [1.807, 2.05) is 19.0 Å². The number of hydrogen-bond acceptors (Lipinski definition) is 3. The Bertz CT molecular complexity index is 649. The maximum atomic E-state index is 13.1. The van der Waals surface area contributed by atoms with Gasteiger partial charge in [0.05, 0.1) is 5.92 Å². The molecule has 0 aliphatic carbocycles. The van der Waals surface area contributed by atoms with Crippen molar-refractivity contribution < 1.29 is 9.59 Å². The highest BCUT2D eigenvalue weighted by molar-refractivity contribution is 6.02. The molecule has 0 fully saturated rings. The van der Waals surface area contributed by atoms with E-state index in [1.165, 1.54) is 218 Å². The van der Waals surface area contributed by atoms with Gasteiger partial charge in [0, 0.05) is 19.4 Å². The first kappa shape index (κ1) is 50.3. The molecule has 0 saturated carbocycles. The first-order valence-electron chi connectivity index (χ1n) is 23.7. The van der Waals surface area contributed by atoms with E-state index >= 15 is 0 Å². The molecule has 0 bridgehead atoms. The summed E-state index contributed by atoms with van der Waals surface area (Å²) in [5, 5.41) is 0. The summed E-state index contributed by atoms with van der Waals surface area (Å²) >= 11 is 0. The summed E-state index contributed by atoms with van der Waals surface area (Å²) in [6.07, 6.45) is 52.9. The van der Waals surface area contributed by atoms with Crippen LogP contribution in [0.1, 0.15) is 271 Å². The normalized spacial score (nSPS) is 11.7. The van der Waals surface area contributed by atoms with Gasteiger partial charge in [-0.1, -0.05) is 245 Å². The monoisotopic (exact) mass is 718 g/mol. The highest BCUT2D eigenvalue weighted by Gasteiger charge is 2.25. The van der Waals surface area contributed by atoms with E-state index < -0.39 is 5.92 Å². The van der Waals surface area contributed by atoms with E-state index in [1.54, 1.807) is 0 Å². The lowest BCUT2D eigenvalue weighted by Gasteiger charge is -2.19. The lowest BCUT2D eigenvalue weighted by atomic mass is 9.91. The minimum atomic E-state index is -0.411. The molecule has 0 aromatic heterocycles. The van der Waals surface area contributed by atoms with Gasteiger partial charge < -0.3 is 4.90 Å². The van der Waals surface area contributed by atoms with Gasteiger partial charge in [-0.05, 0) is 26.9 Å². The average molecular weight is 718 g/mol. The van der Waals surface area contributed by atoms with Gasteiger partial charge in [-0.15, -0.1) is 0 Å². The van der Waals surface area contributed by atoms with E-state index in [9.17, 15) is 9.59 Å². The van der Waals surface area contributed by atoms with Crippen molar-refractivity contribution in [2.24, 2.45) is 5.92 Å². The molecule has 0 N–H and O–H groups in total. The number of unbranched alkanes of at least 4 members (excludes halogenated alkanes) is 36. The van der Waals surface area contributed by atoms with Crippen molar-refractivity contribution in [3.8, 4) is 0 Å². The molecule has 0 aliphatic heterocycles. The fraction of sp³-hybridized carbons (Fsp3) is 0.958. The Morgan fingerprint density at radius 3 is 0.667 bits per heavy atom. The zero-order chi connectivity index (χ0) is 37.3. The second kappa shape index (κ2) is 42.0. The number of carbonyl (C=O) groups excluding carboxylic acids is 2. The second-order valence-electron chi connectivity index (χ2n) is 17.0. The summed E-state index contributed by atoms with van der Waals surface area (Å²) in [6, 6.07) is 0. The van der Waals surface area contributed by atoms with E-state index in [-0.39, 0.29) is 11.6 Å². The van der Waals surface area contributed by atoms with Crippen LogP contribution in [0, 0.1) is 5.92 Å². The predicted octanol–water partition coefficient (Wildman–Crippen LogP) is 15.9. The highest BCUT2D eigenvalue weighted by Crippen LogP contribution is 2.19. The molecule has 0 aromatic carbocycles. The smallest absolute Gasteiger partial charge is 0.144 e. The number of hydrogen-bond donors (Lipinski definition) is 0. The van der Waals surface area contributed by atoms with E-state index in [4.69, 9.17) is 0 Å². The molecule has 0 amide bonds. The molecule has 0 aliphatic rings. The lowest BCUT2D eigenvalue weighted by molar-refractivity contribution is -0.133. The second-order valence-corrected chi connectivity index (χ2v) is 17.0. The Balaban J connectivity index is 3.65. The molecule has 304 valence electrons.